The molecule has 11 heavy (non-hydrogen) atoms. The molecule has 0 spiro atoms. The molecule has 0 aliphatic carbocycles. The average Bonchev–Trinajstić information content (AvgIpc) is 2.05. The molecule has 1 fully saturated rings. The van der Waals surface area contributed by atoms with Crippen molar-refractivity contribution in [3.8, 4) is 0 Å². The van der Waals surface area contributed by atoms with Crippen LogP contribution in [-0.4, -0.2) is 24.0 Å². The van der Waals surface area contributed by atoms with Crippen molar-refractivity contribution in [1.82, 2.24) is 4.90 Å². The number of urea groups is 1. The lowest BCUT2D eigenvalue weighted by molar-refractivity contribution is 0.172. The summed E-state index contributed by atoms with van der Waals surface area (Å²) in [5.41, 5.74) is 5.17. The summed E-state index contributed by atoms with van der Waals surface area (Å²) in [5, 5.41) is 0. The fourth-order valence-electron chi connectivity index (χ4n) is 1.60. The van der Waals surface area contributed by atoms with Crippen molar-refractivity contribution in [2.24, 2.45) is 11.7 Å². The van der Waals surface area contributed by atoms with Gasteiger partial charge in [0, 0.05) is 13.1 Å². The summed E-state index contributed by atoms with van der Waals surface area (Å²) >= 11 is 0. The zero-order chi connectivity index (χ0) is 8.27. The molecule has 64 valence electrons. The first-order valence-corrected chi connectivity index (χ1v) is 4.28. The Morgan fingerprint density at radius 2 is 2.45 bits per heavy atom. The van der Waals surface area contributed by atoms with E-state index in [1.807, 2.05) is 0 Å². The molecule has 2 amide bonds. The van der Waals surface area contributed by atoms with E-state index in [1.165, 1.54) is 6.42 Å². The third kappa shape index (κ3) is 2.10. The second-order valence-electron chi connectivity index (χ2n) is 3.20. The molecule has 1 aliphatic heterocycles. The van der Waals surface area contributed by atoms with Crippen molar-refractivity contribution in [3.05, 3.63) is 0 Å². The minimum atomic E-state index is -0.261. The zero-order valence-corrected chi connectivity index (χ0v) is 7.05. The van der Waals surface area contributed by atoms with Crippen LogP contribution in [0.25, 0.3) is 0 Å². The lowest BCUT2D eigenvalue weighted by Crippen LogP contribution is -2.42. The predicted octanol–water partition coefficient (Wildman–Crippen LogP) is 1.19. The Balaban J connectivity index is 2.39. The van der Waals surface area contributed by atoms with Crippen LogP contribution in [0.15, 0.2) is 0 Å². The van der Waals surface area contributed by atoms with Crippen LogP contribution in [0, 0.1) is 5.92 Å². The van der Waals surface area contributed by atoms with E-state index in [2.05, 4.69) is 6.92 Å². The largest absolute Gasteiger partial charge is 0.351 e. The van der Waals surface area contributed by atoms with Crippen molar-refractivity contribution >= 4 is 6.03 Å². The molecule has 0 aromatic carbocycles. The highest BCUT2D eigenvalue weighted by Crippen LogP contribution is 2.18. The summed E-state index contributed by atoms with van der Waals surface area (Å²) in [5.74, 6) is 0.677. The highest BCUT2D eigenvalue weighted by atomic mass is 16.2. The third-order valence-electron chi connectivity index (χ3n) is 2.41. The van der Waals surface area contributed by atoms with Crippen LogP contribution in [-0.2, 0) is 0 Å². The van der Waals surface area contributed by atoms with Gasteiger partial charge in [-0.2, -0.15) is 0 Å². The Hall–Kier alpha value is -0.730. The van der Waals surface area contributed by atoms with Gasteiger partial charge in [0.05, 0.1) is 0 Å². The van der Waals surface area contributed by atoms with Gasteiger partial charge in [-0.1, -0.05) is 13.3 Å². The summed E-state index contributed by atoms with van der Waals surface area (Å²) in [6, 6.07) is -0.261. The van der Waals surface area contributed by atoms with Crippen molar-refractivity contribution in [1.29, 1.82) is 0 Å². The zero-order valence-electron chi connectivity index (χ0n) is 7.05. The van der Waals surface area contributed by atoms with E-state index >= 15 is 0 Å². The van der Waals surface area contributed by atoms with Gasteiger partial charge in [-0.05, 0) is 18.8 Å². The molecule has 3 nitrogen and oxygen atoms in total. The quantitative estimate of drug-likeness (QED) is 0.609. The molecule has 1 saturated heterocycles. The third-order valence-corrected chi connectivity index (χ3v) is 2.41. The molecule has 0 aromatic heterocycles. The number of nitrogens with zero attached hydrogens (tertiary/aromatic N) is 1. The van der Waals surface area contributed by atoms with Crippen LogP contribution < -0.4 is 5.73 Å². The van der Waals surface area contributed by atoms with Crippen LogP contribution in [0.4, 0.5) is 4.79 Å². The van der Waals surface area contributed by atoms with Gasteiger partial charge in [-0.25, -0.2) is 4.79 Å². The fraction of sp³-hybridized carbons (Fsp3) is 0.875. The van der Waals surface area contributed by atoms with E-state index in [0.717, 1.165) is 25.9 Å². The van der Waals surface area contributed by atoms with Crippen LogP contribution in [0.1, 0.15) is 26.2 Å². The maximum atomic E-state index is 10.8. The Morgan fingerprint density at radius 1 is 1.73 bits per heavy atom. The van der Waals surface area contributed by atoms with Crippen LogP contribution in [0.2, 0.25) is 0 Å². The topological polar surface area (TPSA) is 46.3 Å². The number of primary amides is 1. The van der Waals surface area contributed by atoms with Crippen molar-refractivity contribution in [3.63, 3.8) is 0 Å². The lowest BCUT2D eigenvalue weighted by atomic mass is 9.96. The summed E-state index contributed by atoms with van der Waals surface area (Å²) in [7, 11) is 0. The number of piperidine rings is 1. The van der Waals surface area contributed by atoms with Crippen LogP contribution in [0.3, 0.4) is 0 Å². The monoisotopic (exact) mass is 156 g/mol. The molecule has 0 aromatic rings. The van der Waals surface area contributed by atoms with E-state index in [-0.39, 0.29) is 6.03 Å². The van der Waals surface area contributed by atoms with E-state index in [0.29, 0.717) is 5.92 Å². The van der Waals surface area contributed by atoms with Gasteiger partial charge < -0.3 is 10.6 Å². The summed E-state index contributed by atoms with van der Waals surface area (Å²) in [6.07, 6.45) is 3.52. The lowest BCUT2D eigenvalue weighted by Gasteiger charge is -2.30. The van der Waals surface area contributed by atoms with Crippen molar-refractivity contribution in [2.75, 3.05) is 13.1 Å². The van der Waals surface area contributed by atoms with Crippen LogP contribution >= 0.6 is 0 Å². The number of hydrogen-bond donors (Lipinski definition) is 1. The molecule has 1 aliphatic rings. The first kappa shape index (κ1) is 8.37. The average molecular weight is 156 g/mol. The van der Waals surface area contributed by atoms with Gasteiger partial charge in [0.25, 0.3) is 0 Å². The maximum absolute atomic E-state index is 10.8. The number of likely N-dealkylation sites (tertiary alicyclic amines) is 1. The van der Waals surface area contributed by atoms with Crippen molar-refractivity contribution in [2.45, 2.75) is 26.2 Å². The summed E-state index contributed by atoms with van der Waals surface area (Å²) in [4.78, 5) is 12.5. The number of carbonyl (C=O) groups is 1. The number of amides is 2. The highest BCUT2D eigenvalue weighted by molar-refractivity contribution is 5.72. The Labute approximate surface area is 67.5 Å². The smallest absolute Gasteiger partial charge is 0.314 e. The predicted molar refractivity (Wildman–Crippen MR) is 44.2 cm³/mol. The second-order valence-corrected chi connectivity index (χ2v) is 3.20. The molecule has 0 saturated carbocycles. The Bertz CT molecular complexity index is 147. The molecular weight excluding hydrogens is 140 g/mol. The van der Waals surface area contributed by atoms with Crippen molar-refractivity contribution < 1.29 is 4.79 Å². The minimum absolute atomic E-state index is 0.261. The summed E-state index contributed by atoms with van der Waals surface area (Å²) < 4.78 is 0. The van der Waals surface area contributed by atoms with E-state index in [4.69, 9.17) is 5.73 Å². The van der Waals surface area contributed by atoms with Gasteiger partial charge in [0.15, 0.2) is 0 Å². The molecule has 1 rings (SSSR count). The number of rotatable bonds is 1. The van der Waals surface area contributed by atoms with Gasteiger partial charge in [-0.3, -0.25) is 0 Å². The second kappa shape index (κ2) is 3.60. The Kier molecular flexibility index (Phi) is 2.74. The molecule has 1 atom stereocenters. The van der Waals surface area contributed by atoms with Gasteiger partial charge >= 0.3 is 6.03 Å². The molecule has 0 radical (unpaired) electrons. The van der Waals surface area contributed by atoms with E-state index < -0.39 is 0 Å². The van der Waals surface area contributed by atoms with E-state index in [1.54, 1.807) is 4.90 Å². The number of nitrogens with two attached hydrogens (primary N) is 1. The Morgan fingerprint density at radius 3 is 3.00 bits per heavy atom. The van der Waals surface area contributed by atoms with Gasteiger partial charge in [-0.15, -0.1) is 0 Å². The molecule has 2 N–H and O–H groups in total. The molecular formula is C8H16N2O. The maximum Gasteiger partial charge on any atom is 0.314 e. The molecule has 3 heteroatoms. The standard InChI is InChI=1S/C8H16N2O/c1-2-7-4-3-5-10(6-7)8(9)11/h7H,2-6H2,1H3,(H2,9,11). The highest BCUT2D eigenvalue weighted by Gasteiger charge is 2.20. The molecule has 1 heterocycles. The number of hydrogen-bond acceptors (Lipinski definition) is 1. The SMILES string of the molecule is CCC1CCCN(C(N)=O)C1. The van der Waals surface area contributed by atoms with Gasteiger partial charge in [0.2, 0.25) is 0 Å². The first-order valence-electron chi connectivity index (χ1n) is 4.28. The number of carbonyl (C=O) groups excluding carboxylic acids is 1. The summed E-state index contributed by atoms with van der Waals surface area (Å²) in [6.45, 7) is 3.88. The van der Waals surface area contributed by atoms with E-state index in [9.17, 15) is 4.79 Å². The molecule has 1 unspecified atom stereocenters. The van der Waals surface area contributed by atoms with Crippen LogP contribution in [0.5, 0.6) is 0 Å². The molecule has 0 bridgehead atoms. The normalized spacial score (nSPS) is 25.2. The fourth-order valence-corrected chi connectivity index (χ4v) is 1.60. The first-order chi connectivity index (χ1) is 5.24. The van der Waals surface area contributed by atoms with Gasteiger partial charge in [0.1, 0.15) is 0 Å². The minimum Gasteiger partial charge on any atom is -0.351 e.